The number of benzene rings is 2. The van der Waals surface area contributed by atoms with Crippen LogP contribution >= 0.6 is 23.5 Å². The Bertz CT molecular complexity index is 478. The lowest BCUT2D eigenvalue weighted by molar-refractivity contribution is 1.46. The highest BCUT2D eigenvalue weighted by atomic mass is 32.2. The second kappa shape index (κ2) is 9.51. The summed E-state index contributed by atoms with van der Waals surface area (Å²) < 4.78 is 0. The first-order valence-electron chi connectivity index (χ1n) is 6.62. The molecule has 2 rings (SSSR count). The molecule has 2 aromatic carbocycles. The van der Waals surface area contributed by atoms with Crippen molar-refractivity contribution in [3.63, 3.8) is 0 Å². The third-order valence-corrected chi connectivity index (χ3v) is 4.49. The summed E-state index contributed by atoms with van der Waals surface area (Å²) in [5, 5.41) is 0. The zero-order chi connectivity index (χ0) is 13.9. The Hall–Kier alpha value is -1.38. The fraction of sp³-hybridized carbons (Fsp3) is 0.111. The van der Waals surface area contributed by atoms with Crippen molar-refractivity contribution in [1.82, 2.24) is 0 Å². The van der Waals surface area contributed by atoms with Gasteiger partial charge in [0.25, 0.3) is 0 Å². The minimum Gasteiger partial charge on any atom is -0.122 e. The minimum absolute atomic E-state index is 1.01. The van der Waals surface area contributed by atoms with Crippen LogP contribution in [0.5, 0.6) is 0 Å². The van der Waals surface area contributed by atoms with Crippen LogP contribution in [0.25, 0.3) is 0 Å². The molecule has 0 N–H and O–H groups in total. The molecule has 0 saturated heterocycles. The Morgan fingerprint density at radius 1 is 0.600 bits per heavy atom. The van der Waals surface area contributed by atoms with Crippen molar-refractivity contribution in [3.8, 4) is 0 Å². The molecule has 0 amide bonds. The van der Waals surface area contributed by atoms with Gasteiger partial charge in [-0.15, -0.1) is 23.5 Å². The third kappa shape index (κ3) is 6.18. The van der Waals surface area contributed by atoms with E-state index >= 15 is 0 Å². The van der Waals surface area contributed by atoms with Gasteiger partial charge in [0.15, 0.2) is 0 Å². The predicted octanol–water partition coefficient (Wildman–Crippen LogP) is 5.68. The molecule has 0 aromatic heterocycles. The van der Waals surface area contributed by atoms with Gasteiger partial charge in [-0.2, -0.15) is 0 Å². The zero-order valence-corrected chi connectivity index (χ0v) is 12.9. The molecule has 2 aromatic rings. The van der Waals surface area contributed by atoms with Gasteiger partial charge in [-0.3, -0.25) is 0 Å². The van der Waals surface area contributed by atoms with Crippen LogP contribution in [0.1, 0.15) is 0 Å². The number of thioether (sulfide) groups is 2. The Labute approximate surface area is 130 Å². The molecule has 0 saturated carbocycles. The van der Waals surface area contributed by atoms with Gasteiger partial charge in [-0.1, -0.05) is 60.7 Å². The van der Waals surface area contributed by atoms with E-state index in [0.29, 0.717) is 0 Å². The first-order chi connectivity index (χ1) is 9.95. The van der Waals surface area contributed by atoms with Gasteiger partial charge < -0.3 is 0 Å². The first-order valence-corrected chi connectivity index (χ1v) is 8.59. The van der Waals surface area contributed by atoms with Crippen LogP contribution in [0.3, 0.4) is 0 Å². The Balaban J connectivity index is 1.60. The summed E-state index contributed by atoms with van der Waals surface area (Å²) in [7, 11) is 0. The molecule has 0 atom stereocenters. The Kier molecular flexibility index (Phi) is 7.14. The summed E-state index contributed by atoms with van der Waals surface area (Å²) >= 11 is 3.71. The van der Waals surface area contributed by atoms with Gasteiger partial charge in [-0.25, -0.2) is 0 Å². The van der Waals surface area contributed by atoms with Crippen LogP contribution < -0.4 is 0 Å². The zero-order valence-electron chi connectivity index (χ0n) is 11.3. The molecule has 0 aliphatic heterocycles. The maximum absolute atomic E-state index is 2.20. The summed E-state index contributed by atoms with van der Waals surface area (Å²) in [6.07, 6.45) is 8.64. The van der Waals surface area contributed by atoms with Crippen LogP contribution in [0.2, 0.25) is 0 Å². The van der Waals surface area contributed by atoms with Gasteiger partial charge in [-0.05, 0) is 24.3 Å². The minimum atomic E-state index is 1.01. The van der Waals surface area contributed by atoms with Gasteiger partial charge in [0, 0.05) is 21.3 Å². The summed E-state index contributed by atoms with van der Waals surface area (Å²) in [6.45, 7) is 0. The molecule has 0 nitrogen and oxygen atoms in total. The lowest BCUT2D eigenvalue weighted by Crippen LogP contribution is -1.73. The molecule has 0 aliphatic rings. The molecule has 0 unspecified atom stereocenters. The van der Waals surface area contributed by atoms with E-state index in [-0.39, 0.29) is 0 Å². The van der Waals surface area contributed by atoms with Gasteiger partial charge in [0.05, 0.1) is 0 Å². The van der Waals surface area contributed by atoms with Crippen molar-refractivity contribution in [2.45, 2.75) is 9.79 Å². The smallest absolute Gasteiger partial charge is 0.0163 e. The lowest BCUT2D eigenvalue weighted by Gasteiger charge is -1.96. The lowest BCUT2D eigenvalue weighted by atomic mass is 10.4. The van der Waals surface area contributed by atoms with E-state index in [2.05, 4.69) is 72.8 Å². The predicted molar refractivity (Wildman–Crippen MR) is 92.6 cm³/mol. The largest absolute Gasteiger partial charge is 0.122 e. The molecule has 20 heavy (non-hydrogen) atoms. The van der Waals surface area contributed by atoms with E-state index in [0.717, 1.165) is 11.5 Å². The quantitative estimate of drug-likeness (QED) is 0.476. The van der Waals surface area contributed by atoms with E-state index in [4.69, 9.17) is 0 Å². The Morgan fingerprint density at radius 2 is 1.00 bits per heavy atom. The van der Waals surface area contributed by atoms with Crippen LogP contribution in [0, 0.1) is 0 Å². The molecule has 0 spiro atoms. The van der Waals surface area contributed by atoms with E-state index in [1.165, 1.54) is 9.79 Å². The summed E-state index contributed by atoms with van der Waals surface area (Å²) in [6, 6.07) is 21.0. The number of rotatable bonds is 7. The molecule has 2 heteroatoms. The van der Waals surface area contributed by atoms with Crippen molar-refractivity contribution in [1.29, 1.82) is 0 Å². The normalized spacial score (nSPS) is 11.4. The fourth-order valence-corrected chi connectivity index (χ4v) is 3.09. The van der Waals surface area contributed by atoms with Crippen LogP contribution in [0.4, 0.5) is 0 Å². The second-order valence-corrected chi connectivity index (χ2v) is 6.29. The van der Waals surface area contributed by atoms with Crippen LogP contribution in [-0.4, -0.2) is 11.5 Å². The van der Waals surface area contributed by atoms with E-state index in [1.54, 1.807) is 0 Å². The maximum atomic E-state index is 2.20. The molecular formula is C18H18S2. The monoisotopic (exact) mass is 298 g/mol. The van der Waals surface area contributed by atoms with Crippen molar-refractivity contribution >= 4 is 23.5 Å². The number of hydrogen-bond donors (Lipinski definition) is 0. The maximum Gasteiger partial charge on any atom is 0.0163 e. The molecule has 102 valence electrons. The molecule has 0 aliphatic carbocycles. The van der Waals surface area contributed by atoms with E-state index in [9.17, 15) is 0 Å². The van der Waals surface area contributed by atoms with E-state index < -0.39 is 0 Å². The molecule has 0 bridgehead atoms. The average molecular weight is 298 g/mol. The fourth-order valence-electron chi connectivity index (χ4n) is 1.59. The van der Waals surface area contributed by atoms with Gasteiger partial charge in [0.1, 0.15) is 0 Å². The number of allylic oxidation sites excluding steroid dienone is 2. The van der Waals surface area contributed by atoms with Gasteiger partial charge in [0.2, 0.25) is 0 Å². The highest BCUT2D eigenvalue weighted by Gasteiger charge is 1.88. The van der Waals surface area contributed by atoms with Crippen LogP contribution in [-0.2, 0) is 0 Å². The highest BCUT2D eigenvalue weighted by Crippen LogP contribution is 2.17. The second-order valence-electron chi connectivity index (χ2n) is 4.10. The molecule has 0 radical (unpaired) electrons. The van der Waals surface area contributed by atoms with Crippen molar-refractivity contribution < 1.29 is 0 Å². The van der Waals surface area contributed by atoms with Crippen LogP contribution in [0.15, 0.2) is 94.8 Å². The SMILES string of the molecule is C(/C=C/CSc1ccccc1)=C\CSc1ccccc1. The third-order valence-electron chi connectivity index (χ3n) is 2.56. The average Bonchev–Trinajstić information content (AvgIpc) is 2.52. The van der Waals surface area contributed by atoms with E-state index in [1.807, 2.05) is 35.7 Å². The Morgan fingerprint density at radius 3 is 1.40 bits per heavy atom. The highest BCUT2D eigenvalue weighted by molar-refractivity contribution is 7.99. The van der Waals surface area contributed by atoms with Crippen molar-refractivity contribution in [3.05, 3.63) is 85.0 Å². The summed E-state index contributed by atoms with van der Waals surface area (Å²) in [5.41, 5.74) is 0. The standard InChI is InChI=1S/C18H18S2/c1(9-15-19-17-11-5-3-6-12-17)2-10-16-20-18-13-7-4-8-14-18/h1-14H,15-16H2/b9-1+,10-2+. The molecular weight excluding hydrogens is 280 g/mol. The topological polar surface area (TPSA) is 0 Å². The first kappa shape index (κ1) is 15.0. The molecule has 0 heterocycles. The summed E-state index contributed by atoms with van der Waals surface area (Å²) in [5.74, 6) is 2.03. The van der Waals surface area contributed by atoms with Gasteiger partial charge >= 0.3 is 0 Å². The van der Waals surface area contributed by atoms with Crippen molar-refractivity contribution in [2.24, 2.45) is 0 Å². The molecule has 0 fully saturated rings. The number of hydrogen-bond acceptors (Lipinski definition) is 2. The summed E-state index contributed by atoms with van der Waals surface area (Å²) in [4.78, 5) is 2.64. The van der Waals surface area contributed by atoms with Crippen molar-refractivity contribution in [2.75, 3.05) is 11.5 Å².